The predicted octanol–water partition coefficient (Wildman–Crippen LogP) is 4.84. The second kappa shape index (κ2) is 8.49. The van der Waals surface area contributed by atoms with E-state index in [1.54, 1.807) is 4.68 Å². The van der Waals surface area contributed by atoms with Crippen molar-refractivity contribution in [3.05, 3.63) is 68.1 Å². The molecular formula is C17H16BrN5O3S. The molecule has 0 aliphatic heterocycles. The monoisotopic (exact) mass is 449 g/mol. The summed E-state index contributed by atoms with van der Waals surface area (Å²) in [5, 5.41) is 24.2. The molecule has 0 aliphatic rings. The van der Waals surface area contributed by atoms with Crippen LogP contribution in [0.25, 0.3) is 0 Å². The molecule has 0 aliphatic carbocycles. The molecule has 3 aromatic rings. The maximum atomic E-state index is 10.7. The van der Waals surface area contributed by atoms with Gasteiger partial charge in [-0.1, -0.05) is 53.7 Å². The van der Waals surface area contributed by atoms with Crippen molar-refractivity contribution in [2.24, 2.45) is 5.10 Å². The Balaban J connectivity index is 1.81. The second-order valence-corrected chi connectivity index (χ2v) is 7.76. The lowest BCUT2D eigenvalue weighted by molar-refractivity contribution is -0.402. The van der Waals surface area contributed by atoms with E-state index in [0.717, 1.165) is 10.0 Å². The first-order valence-corrected chi connectivity index (χ1v) is 9.83. The minimum atomic E-state index is -0.588. The Hall–Kier alpha value is -2.46. The van der Waals surface area contributed by atoms with Gasteiger partial charge in [-0.25, -0.2) is 0 Å². The van der Waals surface area contributed by atoms with Crippen molar-refractivity contribution in [3.63, 3.8) is 0 Å². The third kappa shape index (κ3) is 4.83. The lowest BCUT2D eigenvalue weighted by Crippen LogP contribution is -2.02. The quantitative estimate of drug-likeness (QED) is 0.221. The summed E-state index contributed by atoms with van der Waals surface area (Å²) in [5.74, 6) is 1.49. The van der Waals surface area contributed by atoms with Crippen LogP contribution in [0.3, 0.4) is 0 Å². The standard InChI is InChI=1S/C17H16BrN5O3S/c1-11(2)16-20-21-17(27-10-12-3-5-13(18)6-4-12)22(16)19-9-14-7-8-15(26-14)23(24)25/h3-9,11H,10H2,1-2H3/b19-9-. The van der Waals surface area contributed by atoms with Gasteiger partial charge in [0.25, 0.3) is 0 Å². The topological polar surface area (TPSA) is 99.3 Å². The van der Waals surface area contributed by atoms with Crippen LogP contribution >= 0.6 is 27.7 Å². The van der Waals surface area contributed by atoms with Gasteiger partial charge in [0, 0.05) is 16.1 Å². The molecule has 0 saturated heterocycles. The summed E-state index contributed by atoms with van der Waals surface area (Å²) in [7, 11) is 0. The van der Waals surface area contributed by atoms with E-state index in [0.29, 0.717) is 16.7 Å². The summed E-state index contributed by atoms with van der Waals surface area (Å²) in [6, 6.07) is 10.8. The van der Waals surface area contributed by atoms with E-state index >= 15 is 0 Å². The van der Waals surface area contributed by atoms with Gasteiger partial charge in [-0.15, -0.1) is 10.2 Å². The van der Waals surface area contributed by atoms with Crippen LogP contribution in [0.4, 0.5) is 5.88 Å². The van der Waals surface area contributed by atoms with Gasteiger partial charge in [0.15, 0.2) is 11.6 Å². The maximum Gasteiger partial charge on any atom is 0.433 e. The summed E-state index contributed by atoms with van der Waals surface area (Å²) in [6.07, 6.45) is 1.42. The lowest BCUT2D eigenvalue weighted by atomic mass is 10.2. The van der Waals surface area contributed by atoms with Crippen LogP contribution in [0, 0.1) is 10.1 Å². The summed E-state index contributed by atoms with van der Waals surface area (Å²) < 4.78 is 7.78. The van der Waals surface area contributed by atoms with Gasteiger partial charge in [0.1, 0.15) is 4.92 Å². The minimum absolute atomic E-state index is 0.114. The van der Waals surface area contributed by atoms with E-state index in [4.69, 9.17) is 4.42 Å². The summed E-state index contributed by atoms with van der Waals surface area (Å²) in [5.41, 5.74) is 1.15. The highest BCUT2D eigenvalue weighted by molar-refractivity contribution is 9.10. The van der Waals surface area contributed by atoms with Crippen molar-refractivity contribution in [3.8, 4) is 0 Å². The van der Waals surface area contributed by atoms with Crippen LogP contribution < -0.4 is 0 Å². The van der Waals surface area contributed by atoms with Crippen molar-refractivity contribution in [2.45, 2.75) is 30.7 Å². The highest BCUT2D eigenvalue weighted by Gasteiger charge is 2.16. The van der Waals surface area contributed by atoms with Gasteiger partial charge >= 0.3 is 5.88 Å². The molecule has 0 radical (unpaired) electrons. The van der Waals surface area contributed by atoms with Gasteiger partial charge in [-0.05, 0) is 23.8 Å². The van der Waals surface area contributed by atoms with E-state index in [1.165, 1.54) is 30.1 Å². The lowest BCUT2D eigenvalue weighted by Gasteiger charge is -2.06. The second-order valence-electron chi connectivity index (χ2n) is 5.90. The Morgan fingerprint density at radius 2 is 2.04 bits per heavy atom. The third-order valence-electron chi connectivity index (χ3n) is 3.53. The van der Waals surface area contributed by atoms with Gasteiger partial charge in [-0.3, -0.25) is 10.1 Å². The Morgan fingerprint density at radius 3 is 2.67 bits per heavy atom. The smallest absolute Gasteiger partial charge is 0.400 e. The number of benzene rings is 1. The number of hydrogen-bond donors (Lipinski definition) is 0. The van der Waals surface area contributed by atoms with Gasteiger partial charge < -0.3 is 4.42 Å². The van der Waals surface area contributed by atoms with Crippen molar-refractivity contribution in [1.82, 2.24) is 14.9 Å². The molecule has 2 aromatic heterocycles. The third-order valence-corrected chi connectivity index (χ3v) is 5.05. The molecule has 1 aromatic carbocycles. The Labute approximate surface area is 168 Å². The molecule has 10 heteroatoms. The molecular weight excluding hydrogens is 434 g/mol. The first kappa shape index (κ1) is 19.3. The van der Waals surface area contributed by atoms with Crippen LogP contribution in [0.5, 0.6) is 0 Å². The summed E-state index contributed by atoms with van der Waals surface area (Å²) >= 11 is 4.93. The highest BCUT2D eigenvalue weighted by atomic mass is 79.9. The summed E-state index contributed by atoms with van der Waals surface area (Å²) in [6.45, 7) is 3.99. The van der Waals surface area contributed by atoms with E-state index in [2.05, 4.69) is 31.2 Å². The molecule has 140 valence electrons. The fourth-order valence-corrected chi connectivity index (χ4v) is 3.30. The molecule has 0 fully saturated rings. The van der Waals surface area contributed by atoms with E-state index < -0.39 is 4.92 Å². The predicted molar refractivity (Wildman–Crippen MR) is 106 cm³/mol. The van der Waals surface area contributed by atoms with Crippen molar-refractivity contribution in [1.29, 1.82) is 0 Å². The molecule has 0 amide bonds. The molecule has 0 atom stereocenters. The number of halogens is 1. The fraction of sp³-hybridized carbons (Fsp3) is 0.235. The minimum Gasteiger partial charge on any atom is -0.400 e. The average molecular weight is 450 g/mol. The molecule has 3 rings (SSSR count). The normalized spacial score (nSPS) is 11.6. The number of rotatable bonds is 7. The number of aromatic nitrogens is 3. The molecule has 0 spiro atoms. The number of nitro groups is 1. The number of nitrogens with zero attached hydrogens (tertiary/aromatic N) is 5. The zero-order valence-electron chi connectivity index (χ0n) is 14.6. The van der Waals surface area contributed by atoms with Crippen LogP contribution in [0.15, 0.2) is 55.5 Å². The zero-order valence-corrected chi connectivity index (χ0v) is 17.0. The maximum absolute atomic E-state index is 10.7. The SMILES string of the molecule is CC(C)c1nnc(SCc2ccc(Br)cc2)n1/N=C\c1ccc([N+](=O)[O-])o1. The van der Waals surface area contributed by atoms with Gasteiger partial charge in [0.2, 0.25) is 5.16 Å². The Bertz CT molecular complexity index is 965. The van der Waals surface area contributed by atoms with E-state index in [-0.39, 0.29) is 17.6 Å². The first-order valence-electron chi connectivity index (χ1n) is 8.05. The zero-order chi connectivity index (χ0) is 19.4. The van der Waals surface area contributed by atoms with Gasteiger partial charge in [-0.2, -0.15) is 9.78 Å². The molecule has 0 bridgehead atoms. The molecule has 2 heterocycles. The van der Waals surface area contributed by atoms with Crippen LogP contribution in [0.1, 0.15) is 36.9 Å². The highest BCUT2D eigenvalue weighted by Crippen LogP contribution is 2.25. The fourth-order valence-electron chi connectivity index (χ4n) is 2.19. The molecule has 27 heavy (non-hydrogen) atoms. The van der Waals surface area contributed by atoms with Gasteiger partial charge in [0.05, 0.1) is 12.3 Å². The number of hydrogen-bond acceptors (Lipinski definition) is 7. The van der Waals surface area contributed by atoms with Crippen molar-refractivity contribution in [2.75, 3.05) is 0 Å². The molecule has 0 saturated carbocycles. The average Bonchev–Trinajstić information content (AvgIpc) is 3.26. The van der Waals surface area contributed by atoms with Crippen LogP contribution in [-0.2, 0) is 5.75 Å². The van der Waals surface area contributed by atoms with Crippen LogP contribution in [-0.4, -0.2) is 26.0 Å². The Morgan fingerprint density at radius 1 is 1.30 bits per heavy atom. The number of thioether (sulfide) groups is 1. The number of furan rings is 1. The Kier molecular flexibility index (Phi) is 6.07. The largest absolute Gasteiger partial charge is 0.433 e. The molecule has 0 N–H and O–H groups in total. The van der Waals surface area contributed by atoms with Crippen LogP contribution in [0.2, 0.25) is 0 Å². The first-order chi connectivity index (χ1) is 12.9. The van der Waals surface area contributed by atoms with E-state index in [1.807, 2.05) is 38.1 Å². The van der Waals surface area contributed by atoms with E-state index in [9.17, 15) is 10.1 Å². The molecule has 0 unspecified atom stereocenters. The van der Waals surface area contributed by atoms with Crippen molar-refractivity contribution >= 4 is 39.8 Å². The molecule has 8 nitrogen and oxygen atoms in total. The van der Waals surface area contributed by atoms with Crippen molar-refractivity contribution < 1.29 is 9.34 Å². The summed E-state index contributed by atoms with van der Waals surface area (Å²) in [4.78, 5) is 10.1.